The van der Waals surface area contributed by atoms with Crippen LogP contribution in [-0.4, -0.2) is 12.1 Å². The molecule has 2 aromatic carbocycles. The smallest absolute Gasteiger partial charge is 0.338 e. The van der Waals surface area contributed by atoms with Gasteiger partial charge in [-0.3, -0.25) is 0 Å². The fourth-order valence-corrected chi connectivity index (χ4v) is 2.76. The van der Waals surface area contributed by atoms with E-state index in [1.165, 1.54) is 6.42 Å². The molecule has 2 heteroatoms. The molecule has 0 spiro atoms. The van der Waals surface area contributed by atoms with Crippen molar-refractivity contribution in [3.8, 4) is 11.8 Å². The average molecular weight is 304 g/mol. The Morgan fingerprint density at radius 2 is 1.43 bits per heavy atom. The molecule has 0 atom stereocenters. The number of carbonyl (C=O) groups is 1. The molecule has 3 rings (SSSR count). The standard InChI is InChI=1S/C21H20O2/c22-21(23-20-9-5-2-6-10-20)19-15-13-18(14-16-19)12-11-17-7-3-1-4-8-17/h1,3-4,7-8,13-16,20H,2,5-6,9-10H2. The Hall–Kier alpha value is -2.53. The highest BCUT2D eigenvalue weighted by atomic mass is 16.5. The van der Waals surface area contributed by atoms with Gasteiger partial charge >= 0.3 is 5.97 Å². The van der Waals surface area contributed by atoms with Gasteiger partial charge in [-0.1, -0.05) is 36.5 Å². The van der Waals surface area contributed by atoms with Gasteiger partial charge in [-0.15, -0.1) is 0 Å². The Labute approximate surface area is 137 Å². The highest BCUT2D eigenvalue weighted by Gasteiger charge is 2.18. The van der Waals surface area contributed by atoms with Gasteiger partial charge in [-0.2, -0.15) is 0 Å². The zero-order chi connectivity index (χ0) is 15.9. The van der Waals surface area contributed by atoms with Gasteiger partial charge in [0, 0.05) is 11.1 Å². The molecule has 0 aromatic heterocycles. The predicted molar refractivity (Wildman–Crippen MR) is 91.2 cm³/mol. The highest BCUT2D eigenvalue weighted by molar-refractivity contribution is 5.89. The van der Waals surface area contributed by atoms with Crippen molar-refractivity contribution in [2.24, 2.45) is 0 Å². The molecule has 0 amide bonds. The van der Waals surface area contributed by atoms with Crippen molar-refractivity contribution < 1.29 is 9.53 Å². The van der Waals surface area contributed by atoms with Gasteiger partial charge in [0.25, 0.3) is 0 Å². The minimum absolute atomic E-state index is 0.0915. The van der Waals surface area contributed by atoms with Gasteiger partial charge in [0.1, 0.15) is 6.10 Å². The van der Waals surface area contributed by atoms with Crippen molar-refractivity contribution in [3.05, 3.63) is 71.3 Å². The van der Waals surface area contributed by atoms with E-state index >= 15 is 0 Å². The Morgan fingerprint density at radius 1 is 0.826 bits per heavy atom. The third kappa shape index (κ3) is 4.47. The number of rotatable bonds is 2. The first-order chi connectivity index (χ1) is 11.3. The molecular weight excluding hydrogens is 284 g/mol. The summed E-state index contributed by atoms with van der Waals surface area (Å²) in [7, 11) is 0. The largest absolute Gasteiger partial charge is 0.459 e. The maximum atomic E-state index is 12.1. The number of hydrogen-bond acceptors (Lipinski definition) is 2. The van der Waals surface area contributed by atoms with E-state index in [9.17, 15) is 4.79 Å². The third-order valence-corrected chi connectivity index (χ3v) is 4.07. The number of esters is 1. The van der Waals surface area contributed by atoms with Crippen molar-refractivity contribution in [3.63, 3.8) is 0 Å². The maximum Gasteiger partial charge on any atom is 0.338 e. The van der Waals surface area contributed by atoms with E-state index in [2.05, 4.69) is 11.8 Å². The van der Waals surface area contributed by atoms with E-state index in [-0.39, 0.29) is 12.1 Å². The van der Waals surface area contributed by atoms with Gasteiger partial charge in [-0.05, 0) is 62.1 Å². The summed E-state index contributed by atoms with van der Waals surface area (Å²) in [5.74, 6) is 5.99. The second kappa shape index (κ2) is 7.65. The normalized spacial score (nSPS) is 14.6. The molecule has 0 unspecified atom stereocenters. The highest BCUT2D eigenvalue weighted by Crippen LogP contribution is 2.21. The first-order valence-corrected chi connectivity index (χ1v) is 8.19. The molecule has 1 saturated carbocycles. The number of hydrogen-bond donors (Lipinski definition) is 0. The van der Waals surface area contributed by atoms with Gasteiger partial charge in [0.05, 0.1) is 5.56 Å². The van der Waals surface area contributed by atoms with Crippen LogP contribution in [0, 0.1) is 11.8 Å². The van der Waals surface area contributed by atoms with Crippen LogP contribution < -0.4 is 0 Å². The van der Waals surface area contributed by atoms with E-state index in [4.69, 9.17) is 4.74 Å². The lowest BCUT2D eigenvalue weighted by molar-refractivity contribution is 0.0211. The molecule has 1 aliphatic carbocycles. The Morgan fingerprint density at radius 3 is 2.09 bits per heavy atom. The minimum atomic E-state index is -0.223. The molecule has 1 aliphatic rings. The lowest BCUT2D eigenvalue weighted by Gasteiger charge is -2.21. The van der Waals surface area contributed by atoms with Crippen molar-refractivity contribution in [2.45, 2.75) is 38.2 Å². The van der Waals surface area contributed by atoms with E-state index in [1.807, 2.05) is 42.5 Å². The van der Waals surface area contributed by atoms with Crippen molar-refractivity contribution in [2.75, 3.05) is 0 Å². The Balaban J connectivity index is 1.62. The molecule has 0 bridgehead atoms. The van der Waals surface area contributed by atoms with Gasteiger partial charge < -0.3 is 4.74 Å². The zero-order valence-corrected chi connectivity index (χ0v) is 13.1. The topological polar surface area (TPSA) is 26.3 Å². The average Bonchev–Trinajstić information content (AvgIpc) is 2.62. The third-order valence-electron chi connectivity index (χ3n) is 4.07. The van der Waals surface area contributed by atoms with Crippen LogP contribution in [0.25, 0.3) is 0 Å². The van der Waals surface area contributed by atoms with Crippen molar-refractivity contribution in [1.29, 1.82) is 0 Å². The SMILES string of the molecule is O=C(OC1CCCCC1)c1ccc(C#Cc2ccccc2)cc1. The molecule has 23 heavy (non-hydrogen) atoms. The van der Waals surface area contributed by atoms with Gasteiger partial charge in [0.15, 0.2) is 0 Å². The predicted octanol–water partition coefficient (Wildman–Crippen LogP) is 4.58. The first kappa shape index (κ1) is 15.4. The molecular formula is C21H20O2. The molecule has 0 aliphatic heterocycles. The summed E-state index contributed by atoms with van der Waals surface area (Å²) in [6, 6.07) is 17.2. The van der Waals surface area contributed by atoms with E-state index < -0.39 is 0 Å². The van der Waals surface area contributed by atoms with Gasteiger partial charge in [-0.25, -0.2) is 4.79 Å². The summed E-state index contributed by atoms with van der Waals surface area (Å²) in [6.07, 6.45) is 5.65. The molecule has 1 fully saturated rings. The van der Waals surface area contributed by atoms with Crippen molar-refractivity contribution >= 4 is 5.97 Å². The fraction of sp³-hybridized carbons (Fsp3) is 0.286. The second-order valence-electron chi connectivity index (χ2n) is 5.86. The van der Waals surface area contributed by atoms with Crippen LogP contribution in [0.5, 0.6) is 0 Å². The quantitative estimate of drug-likeness (QED) is 0.600. The van der Waals surface area contributed by atoms with Crippen LogP contribution >= 0.6 is 0 Å². The van der Waals surface area contributed by atoms with Crippen LogP contribution in [0.15, 0.2) is 54.6 Å². The summed E-state index contributed by atoms with van der Waals surface area (Å²) >= 11 is 0. The van der Waals surface area contributed by atoms with Crippen LogP contribution in [0.1, 0.15) is 53.6 Å². The number of carbonyl (C=O) groups excluding carboxylic acids is 1. The molecule has 0 N–H and O–H groups in total. The first-order valence-electron chi connectivity index (χ1n) is 8.19. The van der Waals surface area contributed by atoms with E-state index in [0.717, 1.165) is 36.8 Å². The lowest BCUT2D eigenvalue weighted by atomic mass is 9.98. The van der Waals surface area contributed by atoms with Crippen LogP contribution in [0.3, 0.4) is 0 Å². The van der Waals surface area contributed by atoms with Crippen molar-refractivity contribution in [1.82, 2.24) is 0 Å². The minimum Gasteiger partial charge on any atom is -0.459 e. The summed E-state index contributed by atoms with van der Waals surface area (Å²) in [5, 5.41) is 0. The van der Waals surface area contributed by atoms with Crippen LogP contribution in [0.2, 0.25) is 0 Å². The molecule has 0 saturated heterocycles. The molecule has 2 nitrogen and oxygen atoms in total. The lowest BCUT2D eigenvalue weighted by Crippen LogP contribution is -2.20. The number of benzene rings is 2. The summed E-state index contributed by atoms with van der Waals surface area (Å²) in [6.45, 7) is 0. The van der Waals surface area contributed by atoms with Crippen LogP contribution in [0.4, 0.5) is 0 Å². The van der Waals surface area contributed by atoms with E-state index in [0.29, 0.717) is 5.56 Å². The number of ether oxygens (including phenoxy) is 1. The fourth-order valence-electron chi connectivity index (χ4n) is 2.76. The van der Waals surface area contributed by atoms with Crippen LogP contribution in [-0.2, 0) is 4.74 Å². The molecule has 0 heterocycles. The van der Waals surface area contributed by atoms with Gasteiger partial charge in [0.2, 0.25) is 0 Å². The second-order valence-corrected chi connectivity index (χ2v) is 5.86. The Bertz CT molecular complexity index is 699. The molecule has 0 radical (unpaired) electrons. The summed E-state index contributed by atoms with van der Waals surface area (Å²) in [4.78, 5) is 12.1. The monoisotopic (exact) mass is 304 g/mol. The summed E-state index contributed by atoms with van der Waals surface area (Å²) < 4.78 is 5.57. The summed E-state index contributed by atoms with van der Waals surface area (Å²) in [5.41, 5.74) is 2.47. The zero-order valence-electron chi connectivity index (χ0n) is 13.1. The molecule has 116 valence electrons. The molecule has 2 aromatic rings. The maximum absolute atomic E-state index is 12.1. The Kier molecular flexibility index (Phi) is 5.11. The van der Waals surface area contributed by atoms with E-state index in [1.54, 1.807) is 12.1 Å².